The van der Waals surface area contributed by atoms with Gasteiger partial charge in [-0.2, -0.15) is 22.6 Å². The Morgan fingerprint density at radius 2 is 1.71 bits per heavy atom. The maximum Gasteiger partial charge on any atom is 0.435 e. The Balaban J connectivity index is 1.61. The third kappa shape index (κ3) is 4.17. The van der Waals surface area contributed by atoms with E-state index < -0.39 is 45.1 Å². The van der Waals surface area contributed by atoms with Gasteiger partial charge < -0.3 is 4.90 Å². The van der Waals surface area contributed by atoms with E-state index in [-0.39, 0.29) is 26.2 Å². The van der Waals surface area contributed by atoms with Gasteiger partial charge in [-0.05, 0) is 18.2 Å². The van der Waals surface area contributed by atoms with Crippen LogP contribution >= 0.6 is 0 Å². The molecular formula is C16H16F4N4O3S. The van der Waals surface area contributed by atoms with Crippen LogP contribution in [-0.4, -0.2) is 59.5 Å². The predicted octanol–water partition coefficient (Wildman–Crippen LogP) is 1.57. The third-order valence-electron chi connectivity index (χ3n) is 4.27. The fraction of sp³-hybridized carbons (Fsp3) is 0.375. The van der Waals surface area contributed by atoms with E-state index in [4.69, 9.17) is 0 Å². The van der Waals surface area contributed by atoms with Gasteiger partial charge >= 0.3 is 6.18 Å². The highest BCUT2D eigenvalue weighted by molar-refractivity contribution is 7.89. The number of carbonyl (C=O) groups excluding carboxylic acids is 1. The van der Waals surface area contributed by atoms with Crippen LogP contribution < -0.4 is 0 Å². The van der Waals surface area contributed by atoms with Crippen LogP contribution in [0.15, 0.2) is 41.4 Å². The van der Waals surface area contributed by atoms with E-state index in [9.17, 15) is 30.8 Å². The monoisotopic (exact) mass is 420 g/mol. The largest absolute Gasteiger partial charge is 0.435 e. The number of carbonyl (C=O) groups is 1. The molecule has 0 unspecified atom stereocenters. The summed E-state index contributed by atoms with van der Waals surface area (Å²) in [5.74, 6) is -1.35. The first-order valence-electron chi connectivity index (χ1n) is 8.22. The Morgan fingerprint density at radius 1 is 1.07 bits per heavy atom. The minimum atomic E-state index is -4.60. The first kappa shape index (κ1) is 20.3. The Labute approximate surface area is 158 Å². The fourth-order valence-electron chi connectivity index (χ4n) is 2.81. The number of piperazine rings is 1. The van der Waals surface area contributed by atoms with Crippen LogP contribution in [0, 0.1) is 5.82 Å². The molecule has 2 heterocycles. The molecule has 0 spiro atoms. The molecule has 0 radical (unpaired) electrons. The zero-order chi connectivity index (χ0) is 20.5. The summed E-state index contributed by atoms with van der Waals surface area (Å²) in [4.78, 5) is 13.2. The molecule has 1 aliphatic heterocycles. The standard InChI is InChI=1S/C16H16F4N4O3S/c17-12-3-1-2-4-13(12)28(26,27)24-9-7-22(8-10-24)15(25)11-23-6-5-14(21-23)16(18,19)20/h1-6H,7-11H2. The second kappa shape index (κ2) is 7.51. The lowest BCUT2D eigenvalue weighted by Gasteiger charge is -2.34. The van der Waals surface area contributed by atoms with Crippen molar-refractivity contribution in [1.29, 1.82) is 0 Å². The highest BCUT2D eigenvalue weighted by Crippen LogP contribution is 2.27. The quantitative estimate of drug-likeness (QED) is 0.704. The molecule has 3 rings (SSSR count). The lowest BCUT2D eigenvalue weighted by Crippen LogP contribution is -2.51. The molecule has 0 atom stereocenters. The Morgan fingerprint density at radius 3 is 2.29 bits per heavy atom. The van der Waals surface area contributed by atoms with Gasteiger partial charge in [0.25, 0.3) is 0 Å². The number of hydrogen-bond acceptors (Lipinski definition) is 4. The highest BCUT2D eigenvalue weighted by atomic mass is 32.2. The Hall–Kier alpha value is -2.47. The normalized spacial score (nSPS) is 16.4. The summed E-state index contributed by atoms with van der Waals surface area (Å²) in [6.45, 7) is -0.402. The van der Waals surface area contributed by atoms with Crippen LogP contribution in [0.5, 0.6) is 0 Å². The molecule has 1 fully saturated rings. The number of amides is 1. The second-order valence-corrected chi connectivity index (χ2v) is 8.02. The summed E-state index contributed by atoms with van der Waals surface area (Å²) < 4.78 is 78.5. The van der Waals surface area contributed by atoms with Crippen LogP contribution in [-0.2, 0) is 27.5 Å². The smallest absolute Gasteiger partial charge is 0.338 e. The summed E-state index contributed by atoms with van der Waals surface area (Å²) in [6.07, 6.45) is -3.54. The van der Waals surface area contributed by atoms with Crippen molar-refractivity contribution in [1.82, 2.24) is 19.0 Å². The van der Waals surface area contributed by atoms with Crippen LogP contribution in [0.4, 0.5) is 17.6 Å². The van der Waals surface area contributed by atoms with Crippen molar-refractivity contribution < 1.29 is 30.8 Å². The van der Waals surface area contributed by atoms with E-state index in [0.717, 1.165) is 33.4 Å². The van der Waals surface area contributed by atoms with Gasteiger partial charge in [0.05, 0.1) is 0 Å². The SMILES string of the molecule is O=C(Cn1ccc(C(F)(F)F)n1)N1CCN(S(=O)(=O)c2ccccc2F)CC1. The summed E-state index contributed by atoms with van der Waals surface area (Å²) >= 11 is 0. The van der Waals surface area contributed by atoms with Crippen LogP contribution in [0.1, 0.15) is 5.69 Å². The number of rotatable bonds is 4. The van der Waals surface area contributed by atoms with Gasteiger partial charge in [0.2, 0.25) is 15.9 Å². The van der Waals surface area contributed by atoms with Crippen LogP contribution in [0.2, 0.25) is 0 Å². The maximum atomic E-state index is 13.8. The van der Waals surface area contributed by atoms with Gasteiger partial charge in [-0.1, -0.05) is 12.1 Å². The Bertz CT molecular complexity index is 966. The molecule has 0 aliphatic carbocycles. The van der Waals surface area contributed by atoms with Crippen molar-refractivity contribution >= 4 is 15.9 Å². The molecule has 1 aliphatic rings. The van der Waals surface area contributed by atoms with Crippen molar-refractivity contribution in [3.63, 3.8) is 0 Å². The van der Waals surface area contributed by atoms with Crippen LogP contribution in [0.3, 0.4) is 0 Å². The van der Waals surface area contributed by atoms with E-state index in [1.807, 2.05) is 0 Å². The second-order valence-electron chi connectivity index (χ2n) is 6.11. The maximum absolute atomic E-state index is 13.8. The molecule has 0 bridgehead atoms. The first-order chi connectivity index (χ1) is 13.1. The minimum Gasteiger partial charge on any atom is -0.338 e. The van der Waals surface area contributed by atoms with E-state index >= 15 is 0 Å². The molecule has 0 saturated carbocycles. The average Bonchev–Trinajstić information content (AvgIpc) is 3.11. The zero-order valence-corrected chi connectivity index (χ0v) is 15.2. The summed E-state index contributed by atoms with van der Waals surface area (Å²) in [5, 5.41) is 3.32. The van der Waals surface area contributed by atoms with Crippen molar-refractivity contribution in [2.45, 2.75) is 17.6 Å². The van der Waals surface area contributed by atoms with Crippen LogP contribution in [0.25, 0.3) is 0 Å². The molecule has 1 aromatic carbocycles. The Kier molecular flexibility index (Phi) is 5.44. The summed E-state index contributed by atoms with van der Waals surface area (Å²) in [7, 11) is -4.04. The average molecular weight is 420 g/mol. The number of alkyl halides is 3. The molecule has 152 valence electrons. The highest BCUT2D eigenvalue weighted by Gasteiger charge is 2.34. The van der Waals surface area contributed by atoms with E-state index in [1.165, 1.54) is 17.0 Å². The minimum absolute atomic E-state index is 0.0416. The lowest BCUT2D eigenvalue weighted by molar-refractivity contribution is -0.142. The lowest BCUT2D eigenvalue weighted by atomic mass is 10.3. The van der Waals surface area contributed by atoms with Crippen molar-refractivity contribution in [3.8, 4) is 0 Å². The van der Waals surface area contributed by atoms with Gasteiger partial charge in [-0.3, -0.25) is 9.48 Å². The van der Waals surface area contributed by atoms with Crippen molar-refractivity contribution in [3.05, 3.63) is 48.0 Å². The molecule has 1 aromatic heterocycles. The van der Waals surface area contributed by atoms with Crippen molar-refractivity contribution in [2.75, 3.05) is 26.2 Å². The molecule has 1 amide bonds. The molecule has 1 saturated heterocycles. The number of halogens is 4. The van der Waals surface area contributed by atoms with Gasteiger partial charge in [0.1, 0.15) is 17.3 Å². The molecule has 12 heteroatoms. The predicted molar refractivity (Wildman–Crippen MR) is 89.0 cm³/mol. The van der Waals surface area contributed by atoms with Gasteiger partial charge in [-0.15, -0.1) is 0 Å². The molecule has 0 N–H and O–H groups in total. The topological polar surface area (TPSA) is 75.5 Å². The number of benzene rings is 1. The number of nitrogens with zero attached hydrogens (tertiary/aromatic N) is 4. The number of aromatic nitrogens is 2. The fourth-order valence-corrected chi connectivity index (χ4v) is 4.30. The zero-order valence-electron chi connectivity index (χ0n) is 14.4. The van der Waals surface area contributed by atoms with Gasteiger partial charge in [0.15, 0.2) is 5.69 Å². The van der Waals surface area contributed by atoms with Crippen molar-refractivity contribution in [2.24, 2.45) is 0 Å². The van der Waals surface area contributed by atoms with E-state index in [1.54, 1.807) is 0 Å². The van der Waals surface area contributed by atoms with Gasteiger partial charge in [-0.25, -0.2) is 12.8 Å². The summed E-state index contributed by atoms with van der Waals surface area (Å²) in [5.41, 5.74) is -1.10. The number of hydrogen-bond donors (Lipinski definition) is 0. The molecule has 28 heavy (non-hydrogen) atoms. The molecule has 2 aromatic rings. The number of sulfonamides is 1. The van der Waals surface area contributed by atoms with Gasteiger partial charge in [0, 0.05) is 32.4 Å². The first-order valence-corrected chi connectivity index (χ1v) is 9.66. The third-order valence-corrected chi connectivity index (χ3v) is 6.21. The van der Waals surface area contributed by atoms with E-state index in [0.29, 0.717) is 0 Å². The van der Waals surface area contributed by atoms with E-state index in [2.05, 4.69) is 5.10 Å². The summed E-state index contributed by atoms with van der Waals surface area (Å²) in [6, 6.07) is 5.77. The molecule has 7 nitrogen and oxygen atoms in total. The molecular weight excluding hydrogens is 404 g/mol.